The molecular formula is C15H12BrClF3N. The highest BCUT2D eigenvalue weighted by Crippen LogP contribution is 2.37. The number of hydrogen-bond acceptors (Lipinski definition) is 1. The van der Waals surface area contributed by atoms with Crippen LogP contribution in [0.3, 0.4) is 0 Å². The average molecular weight is 379 g/mol. The summed E-state index contributed by atoms with van der Waals surface area (Å²) in [6, 6.07) is 11.1. The van der Waals surface area contributed by atoms with Crippen LogP contribution in [-0.4, -0.2) is 0 Å². The summed E-state index contributed by atoms with van der Waals surface area (Å²) in [6.45, 7) is 1.84. The van der Waals surface area contributed by atoms with Crippen LogP contribution in [0.1, 0.15) is 24.1 Å². The van der Waals surface area contributed by atoms with E-state index in [0.717, 1.165) is 11.6 Å². The molecule has 21 heavy (non-hydrogen) atoms. The minimum Gasteiger partial charge on any atom is -0.378 e. The van der Waals surface area contributed by atoms with Gasteiger partial charge in [-0.2, -0.15) is 13.2 Å². The first kappa shape index (κ1) is 16.2. The molecule has 1 unspecified atom stereocenters. The van der Waals surface area contributed by atoms with Gasteiger partial charge >= 0.3 is 6.18 Å². The Labute approximate surface area is 134 Å². The van der Waals surface area contributed by atoms with Gasteiger partial charge in [-0.1, -0.05) is 45.7 Å². The van der Waals surface area contributed by atoms with Gasteiger partial charge in [0.25, 0.3) is 0 Å². The van der Waals surface area contributed by atoms with Gasteiger partial charge in [0, 0.05) is 21.2 Å². The Bertz CT molecular complexity index is 643. The maximum atomic E-state index is 12.9. The largest absolute Gasteiger partial charge is 0.417 e. The summed E-state index contributed by atoms with van der Waals surface area (Å²) in [6.07, 6.45) is -4.40. The highest BCUT2D eigenvalue weighted by atomic mass is 79.9. The van der Waals surface area contributed by atoms with E-state index in [4.69, 9.17) is 11.6 Å². The zero-order valence-electron chi connectivity index (χ0n) is 11.0. The van der Waals surface area contributed by atoms with E-state index < -0.39 is 11.7 Å². The van der Waals surface area contributed by atoms with Crippen LogP contribution in [0.5, 0.6) is 0 Å². The predicted octanol–water partition coefficient (Wildman–Crippen LogP) is 6.29. The highest BCUT2D eigenvalue weighted by Gasteiger charge is 2.33. The van der Waals surface area contributed by atoms with Crippen molar-refractivity contribution >= 4 is 33.2 Å². The molecule has 0 aliphatic rings. The van der Waals surface area contributed by atoms with E-state index in [9.17, 15) is 13.2 Å². The molecule has 0 fully saturated rings. The van der Waals surface area contributed by atoms with Crippen LogP contribution in [0.2, 0.25) is 5.02 Å². The third-order valence-electron chi connectivity index (χ3n) is 3.03. The third kappa shape index (κ3) is 3.92. The second-order valence-electron chi connectivity index (χ2n) is 4.58. The second-order valence-corrected chi connectivity index (χ2v) is 5.84. The van der Waals surface area contributed by atoms with Crippen LogP contribution in [0.4, 0.5) is 18.9 Å². The lowest BCUT2D eigenvalue weighted by atomic mass is 10.1. The summed E-state index contributed by atoms with van der Waals surface area (Å²) >= 11 is 9.01. The number of hydrogen-bond donors (Lipinski definition) is 1. The monoisotopic (exact) mass is 377 g/mol. The lowest BCUT2D eigenvalue weighted by Gasteiger charge is -2.18. The van der Waals surface area contributed by atoms with Crippen LogP contribution >= 0.6 is 27.5 Å². The summed E-state index contributed by atoms with van der Waals surface area (Å²) < 4.78 is 38.6. The zero-order chi connectivity index (χ0) is 15.6. The van der Waals surface area contributed by atoms with Gasteiger partial charge in [-0.05, 0) is 36.8 Å². The molecule has 1 N–H and O–H groups in total. The normalized spacial score (nSPS) is 13.0. The van der Waals surface area contributed by atoms with Crippen LogP contribution in [0, 0.1) is 0 Å². The molecule has 2 aromatic carbocycles. The lowest BCUT2D eigenvalue weighted by Crippen LogP contribution is -2.10. The van der Waals surface area contributed by atoms with Crippen LogP contribution in [0.15, 0.2) is 46.9 Å². The Morgan fingerprint density at radius 1 is 1.14 bits per heavy atom. The van der Waals surface area contributed by atoms with Crippen molar-refractivity contribution in [3.8, 4) is 0 Å². The molecule has 6 heteroatoms. The predicted molar refractivity (Wildman–Crippen MR) is 82.6 cm³/mol. The van der Waals surface area contributed by atoms with Crippen LogP contribution in [0.25, 0.3) is 0 Å². The average Bonchev–Trinajstić information content (AvgIpc) is 2.40. The van der Waals surface area contributed by atoms with E-state index in [1.807, 2.05) is 19.1 Å². The minimum atomic E-state index is -4.40. The zero-order valence-corrected chi connectivity index (χ0v) is 13.4. The number of nitrogens with one attached hydrogen (secondary N) is 1. The molecule has 0 aromatic heterocycles. The molecule has 0 radical (unpaired) electrons. The van der Waals surface area contributed by atoms with E-state index in [1.165, 1.54) is 6.07 Å². The van der Waals surface area contributed by atoms with Crippen molar-refractivity contribution in [2.45, 2.75) is 19.1 Å². The van der Waals surface area contributed by atoms with Gasteiger partial charge in [-0.25, -0.2) is 0 Å². The Hall–Kier alpha value is -1.20. The van der Waals surface area contributed by atoms with Crippen molar-refractivity contribution in [2.75, 3.05) is 5.32 Å². The Balaban J connectivity index is 2.26. The fourth-order valence-corrected chi connectivity index (χ4v) is 2.76. The maximum absolute atomic E-state index is 12.9. The molecule has 0 heterocycles. The Morgan fingerprint density at radius 2 is 1.81 bits per heavy atom. The van der Waals surface area contributed by atoms with Gasteiger partial charge in [0.1, 0.15) is 0 Å². The molecule has 2 aromatic rings. The van der Waals surface area contributed by atoms with Crippen molar-refractivity contribution in [1.82, 2.24) is 0 Å². The van der Waals surface area contributed by atoms with E-state index in [1.54, 1.807) is 18.2 Å². The third-order valence-corrected chi connectivity index (χ3v) is 4.06. The molecule has 1 atom stereocenters. The van der Waals surface area contributed by atoms with Crippen molar-refractivity contribution in [3.63, 3.8) is 0 Å². The molecule has 0 spiro atoms. The number of rotatable bonds is 3. The van der Waals surface area contributed by atoms with E-state index >= 15 is 0 Å². The first-order valence-corrected chi connectivity index (χ1v) is 7.34. The number of anilines is 1. The summed E-state index contributed by atoms with van der Waals surface area (Å²) in [4.78, 5) is 0. The second kappa shape index (κ2) is 6.28. The molecule has 2 rings (SSSR count). The standard InChI is InChI=1S/C15H12BrClF3N/c1-9(11-4-2-3-5-14(11)17)21-10-6-7-13(16)12(8-10)15(18,19)20/h2-9,21H,1H3. The molecule has 112 valence electrons. The molecule has 1 nitrogen and oxygen atoms in total. The highest BCUT2D eigenvalue weighted by molar-refractivity contribution is 9.10. The van der Waals surface area contributed by atoms with E-state index in [0.29, 0.717) is 10.7 Å². The molecule has 0 aliphatic carbocycles. The summed E-state index contributed by atoms with van der Waals surface area (Å²) in [5.74, 6) is 0. The van der Waals surface area contributed by atoms with Crippen molar-refractivity contribution in [2.24, 2.45) is 0 Å². The van der Waals surface area contributed by atoms with Crippen LogP contribution < -0.4 is 5.32 Å². The summed E-state index contributed by atoms with van der Waals surface area (Å²) in [7, 11) is 0. The van der Waals surface area contributed by atoms with Crippen molar-refractivity contribution < 1.29 is 13.2 Å². The smallest absolute Gasteiger partial charge is 0.378 e. The van der Waals surface area contributed by atoms with Crippen LogP contribution in [-0.2, 0) is 6.18 Å². The summed E-state index contributed by atoms with van der Waals surface area (Å²) in [5, 5.41) is 3.61. The first-order valence-electron chi connectivity index (χ1n) is 6.16. The molecule has 0 aliphatic heterocycles. The van der Waals surface area contributed by atoms with Crippen molar-refractivity contribution in [1.29, 1.82) is 0 Å². The topological polar surface area (TPSA) is 12.0 Å². The van der Waals surface area contributed by atoms with Gasteiger partial charge in [0.05, 0.1) is 5.56 Å². The fourth-order valence-electron chi connectivity index (χ4n) is 1.99. The lowest BCUT2D eigenvalue weighted by molar-refractivity contribution is -0.138. The minimum absolute atomic E-state index is 0.0194. The molecule has 0 bridgehead atoms. The van der Waals surface area contributed by atoms with Gasteiger partial charge < -0.3 is 5.32 Å². The van der Waals surface area contributed by atoms with Gasteiger partial charge in [0.2, 0.25) is 0 Å². The number of halogens is 5. The van der Waals surface area contributed by atoms with E-state index in [-0.39, 0.29) is 10.5 Å². The van der Waals surface area contributed by atoms with E-state index in [2.05, 4.69) is 21.2 Å². The quantitative estimate of drug-likeness (QED) is 0.661. The Kier molecular flexibility index (Phi) is 4.84. The number of benzene rings is 2. The first-order chi connectivity index (χ1) is 9.79. The van der Waals surface area contributed by atoms with Gasteiger partial charge in [-0.3, -0.25) is 0 Å². The van der Waals surface area contributed by atoms with Gasteiger partial charge in [0.15, 0.2) is 0 Å². The summed E-state index contributed by atoms with van der Waals surface area (Å²) in [5.41, 5.74) is 0.507. The number of alkyl halides is 3. The van der Waals surface area contributed by atoms with Crippen molar-refractivity contribution in [3.05, 3.63) is 63.1 Å². The van der Waals surface area contributed by atoms with Gasteiger partial charge in [-0.15, -0.1) is 0 Å². The molecule has 0 saturated carbocycles. The Morgan fingerprint density at radius 3 is 2.43 bits per heavy atom. The fraction of sp³-hybridized carbons (Fsp3) is 0.200. The SMILES string of the molecule is CC(Nc1ccc(Br)c(C(F)(F)F)c1)c1ccccc1Cl. The molecule has 0 amide bonds. The molecule has 0 saturated heterocycles. The molecular weight excluding hydrogens is 367 g/mol. The maximum Gasteiger partial charge on any atom is 0.417 e.